The van der Waals surface area contributed by atoms with Gasteiger partial charge in [0.05, 0.1) is 17.8 Å². The lowest BCUT2D eigenvalue weighted by Crippen LogP contribution is -2.32. The zero-order valence-electron chi connectivity index (χ0n) is 25.2. The zero-order chi connectivity index (χ0) is 30.7. The normalized spacial score (nSPS) is 13.1. The minimum absolute atomic E-state index is 0.0647. The number of amides is 2. The van der Waals surface area contributed by atoms with Crippen molar-refractivity contribution in [1.29, 1.82) is 0 Å². The molecule has 11 heteroatoms. The predicted molar refractivity (Wildman–Crippen MR) is 163 cm³/mol. The Bertz CT molecular complexity index is 1170. The number of nitrogens with zero attached hydrogens (tertiary/aromatic N) is 1. The summed E-state index contributed by atoms with van der Waals surface area (Å²) in [6.45, 7) is 15.3. The largest absolute Gasteiger partial charge is 0.469 e. The lowest BCUT2D eigenvalue weighted by atomic mass is 9.92. The summed E-state index contributed by atoms with van der Waals surface area (Å²) >= 11 is 0. The number of ether oxygens (including phenoxy) is 1. The molecule has 10 nitrogen and oxygen atoms in total. The van der Waals surface area contributed by atoms with Crippen LogP contribution < -0.4 is 15.5 Å². The molecule has 2 amide bonds. The molecular formula is C30H46N3O7P. The quantitative estimate of drug-likeness (QED) is 0.133. The van der Waals surface area contributed by atoms with E-state index in [0.717, 1.165) is 29.9 Å². The second-order valence-corrected chi connectivity index (χ2v) is 12.5. The maximum absolute atomic E-state index is 13.1. The van der Waals surface area contributed by atoms with Gasteiger partial charge in [-0.05, 0) is 67.9 Å². The van der Waals surface area contributed by atoms with Crippen LogP contribution in [0.15, 0.2) is 42.5 Å². The van der Waals surface area contributed by atoms with Gasteiger partial charge in [-0.2, -0.15) is 0 Å². The molecule has 0 saturated carbocycles. The van der Waals surface area contributed by atoms with Crippen molar-refractivity contribution in [3.63, 3.8) is 0 Å². The van der Waals surface area contributed by atoms with Gasteiger partial charge in [-0.15, -0.1) is 0 Å². The lowest BCUT2D eigenvalue weighted by Gasteiger charge is -2.31. The van der Waals surface area contributed by atoms with Crippen LogP contribution in [0.25, 0.3) is 0 Å². The summed E-state index contributed by atoms with van der Waals surface area (Å²) in [7, 11) is -4.67. The van der Waals surface area contributed by atoms with Gasteiger partial charge in [0.15, 0.2) is 0 Å². The number of aryl methyl sites for hydroxylation is 1. The number of phosphoric acid groups is 1. The summed E-state index contributed by atoms with van der Waals surface area (Å²) in [4.78, 5) is 45.8. The number of phosphoric ester groups is 1. The molecule has 41 heavy (non-hydrogen) atoms. The Hall–Kier alpha value is -2.91. The Balaban J connectivity index is 2.31. The van der Waals surface area contributed by atoms with E-state index < -0.39 is 19.9 Å². The van der Waals surface area contributed by atoms with Crippen LogP contribution in [0, 0.1) is 18.8 Å². The number of carbonyl (C=O) groups excluding carboxylic acids is 2. The highest BCUT2D eigenvalue weighted by molar-refractivity contribution is 7.46. The predicted octanol–water partition coefficient (Wildman–Crippen LogP) is 6.68. The average molecular weight is 592 g/mol. The summed E-state index contributed by atoms with van der Waals surface area (Å²) in [6, 6.07) is 13.1. The van der Waals surface area contributed by atoms with E-state index in [1.54, 1.807) is 0 Å². The minimum Gasteiger partial charge on any atom is -0.463 e. The number of hydrogen-bond donors (Lipinski definition) is 4. The molecule has 0 heterocycles. The highest BCUT2D eigenvalue weighted by atomic mass is 31.2. The van der Waals surface area contributed by atoms with Gasteiger partial charge in [-0.1, -0.05) is 58.4 Å². The molecule has 0 spiro atoms. The van der Waals surface area contributed by atoms with Gasteiger partial charge < -0.3 is 30.1 Å². The second-order valence-electron chi connectivity index (χ2n) is 11.3. The Kier molecular flexibility index (Phi) is 13.3. The molecule has 4 N–H and O–H groups in total. The molecule has 0 fully saturated rings. The molecule has 0 aliphatic heterocycles. The first-order valence-electron chi connectivity index (χ1n) is 14.1. The van der Waals surface area contributed by atoms with Crippen LogP contribution >= 0.6 is 7.82 Å². The minimum atomic E-state index is -4.67. The number of rotatable bonds is 15. The van der Waals surface area contributed by atoms with Gasteiger partial charge in [0.25, 0.3) is 0 Å². The fourth-order valence-corrected chi connectivity index (χ4v) is 5.02. The summed E-state index contributed by atoms with van der Waals surface area (Å²) in [5, 5.41) is 5.93. The van der Waals surface area contributed by atoms with Crippen molar-refractivity contribution >= 4 is 36.9 Å². The molecule has 2 atom stereocenters. The van der Waals surface area contributed by atoms with E-state index in [0.29, 0.717) is 29.6 Å². The smallest absolute Gasteiger partial charge is 0.463 e. The zero-order valence-corrected chi connectivity index (χ0v) is 26.1. The molecule has 2 aromatic carbocycles. The first-order chi connectivity index (χ1) is 19.2. The molecule has 0 aromatic heterocycles. The number of urea groups is 1. The standard InChI is InChI=1S/C30H46N3O7P/c1-8-24(16-29(34)39-19-23(7)40-41(36,37)38)25-11-14-28(33(17-20(2)3)18-21(4)5)27(15-25)32-30(35)31-26-12-9-22(6)10-13-26/h9-15,20-21,23-24H,8,16-19H2,1-7H3,(H2,31,32,35)(H2,36,37,38). The Morgan fingerprint density at radius 2 is 1.56 bits per heavy atom. The molecule has 2 unspecified atom stereocenters. The van der Waals surface area contributed by atoms with Crippen LogP contribution in [0.3, 0.4) is 0 Å². The molecule has 0 aliphatic rings. The van der Waals surface area contributed by atoms with Gasteiger partial charge in [-0.25, -0.2) is 9.36 Å². The molecule has 0 radical (unpaired) electrons. The Labute approximate surface area is 244 Å². The number of carbonyl (C=O) groups is 2. The van der Waals surface area contributed by atoms with Gasteiger partial charge in [0, 0.05) is 18.8 Å². The Morgan fingerprint density at radius 1 is 0.951 bits per heavy atom. The van der Waals surface area contributed by atoms with Crippen molar-refractivity contribution in [3.8, 4) is 0 Å². The first-order valence-corrected chi connectivity index (χ1v) is 15.6. The summed E-state index contributed by atoms with van der Waals surface area (Å²) in [5.41, 5.74) is 4.18. The maximum atomic E-state index is 13.1. The van der Waals surface area contributed by atoms with Gasteiger partial charge >= 0.3 is 19.8 Å². The van der Waals surface area contributed by atoms with Crippen LogP contribution in [-0.2, 0) is 18.6 Å². The van der Waals surface area contributed by atoms with Gasteiger partial charge in [0.2, 0.25) is 0 Å². The van der Waals surface area contributed by atoms with Gasteiger partial charge in [0.1, 0.15) is 12.7 Å². The fraction of sp³-hybridized carbons (Fsp3) is 0.533. The number of hydrogen-bond acceptors (Lipinski definition) is 6. The van der Waals surface area contributed by atoms with Crippen LogP contribution in [0.2, 0.25) is 0 Å². The van der Waals surface area contributed by atoms with Crippen LogP contribution in [0.1, 0.15) is 71.4 Å². The van der Waals surface area contributed by atoms with E-state index in [-0.39, 0.29) is 25.0 Å². The van der Waals surface area contributed by atoms with Crippen molar-refractivity contribution in [2.24, 2.45) is 11.8 Å². The van der Waals surface area contributed by atoms with Crippen LogP contribution in [0.4, 0.5) is 21.9 Å². The highest BCUT2D eigenvalue weighted by Crippen LogP contribution is 2.38. The molecule has 2 rings (SSSR count). The lowest BCUT2D eigenvalue weighted by molar-refractivity contribution is -0.146. The van der Waals surface area contributed by atoms with E-state index in [1.165, 1.54) is 6.92 Å². The van der Waals surface area contributed by atoms with Crippen molar-refractivity contribution < 1.29 is 33.2 Å². The third-order valence-corrected chi connectivity index (χ3v) is 6.90. The molecular weight excluding hydrogens is 545 g/mol. The number of nitrogens with one attached hydrogen (secondary N) is 2. The number of esters is 1. The topological polar surface area (TPSA) is 137 Å². The SMILES string of the molecule is CCC(CC(=O)OCC(C)OP(=O)(O)O)c1ccc(N(CC(C)C)CC(C)C)c(NC(=O)Nc2ccc(C)cc2)c1. The molecule has 0 aliphatic carbocycles. The van der Waals surface area contributed by atoms with E-state index in [4.69, 9.17) is 14.5 Å². The average Bonchev–Trinajstić information content (AvgIpc) is 2.85. The van der Waals surface area contributed by atoms with Crippen molar-refractivity contribution in [1.82, 2.24) is 0 Å². The second kappa shape index (κ2) is 15.9. The van der Waals surface area contributed by atoms with E-state index in [1.807, 2.05) is 56.3 Å². The third-order valence-electron chi connectivity index (χ3n) is 6.26. The monoisotopic (exact) mass is 591 g/mol. The van der Waals surface area contributed by atoms with Gasteiger partial charge in [-0.3, -0.25) is 9.32 Å². The van der Waals surface area contributed by atoms with Crippen molar-refractivity contribution in [2.45, 2.75) is 73.3 Å². The van der Waals surface area contributed by atoms with Crippen molar-refractivity contribution in [3.05, 3.63) is 53.6 Å². The van der Waals surface area contributed by atoms with E-state index in [9.17, 15) is 14.2 Å². The first kappa shape index (κ1) is 34.3. The molecule has 228 valence electrons. The fourth-order valence-electron chi connectivity index (χ4n) is 4.49. The van der Waals surface area contributed by atoms with E-state index in [2.05, 4.69) is 47.8 Å². The number of anilines is 3. The Morgan fingerprint density at radius 3 is 2.10 bits per heavy atom. The third kappa shape index (κ3) is 12.6. The molecule has 0 saturated heterocycles. The summed E-state index contributed by atoms with van der Waals surface area (Å²) in [5.74, 6) is 0.101. The summed E-state index contributed by atoms with van der Waals surface area (Å²) in [6.07, 6.45) is -0.246. The van der Waals surface area contributed by atoms with Crippen LogP contribution in [0.5, 0.6) is 0 Å². The number of benzene rings is 2. The highest BCUT2D eigenvalue weighted by Gasteiger charge is 2.23. The summed E-state index contributed by atoms with van der Waals surface area (Å²) < 4.78 is 20.8. The maximum Gasteiger partial charge on any atom is 0.469 e. The van der Waals surface area contributed by atoms with Crippen molar-refractivity contribution in [2.75, 3.05) is 35.2 Å². The van der Waals surface area contributed by atoms with E-state index >= 15 is 0 Å². The van der Waals surface area contributed by atoms with Crippen LogP contribution in [-0.4, -0.2) is 47.6 Å². The molecule has 0 bridgehead atoms. The molecule has 2 aromatic rings.